The SMILES string of the molecule is Nc1ccc(Sc2nnnn2C2CCCC2)c(Br)c1. The first-order valence-electron chi connectivity index (χ1n) is 6.25. The number of rotatable bonds is 3. The molecule has 0 unspecified atom stereocenters. The maximum atomic E-state index is 5.75. The zero-order chi connectivity index (χ0) is 13.2. The van der Waals surface area contributed by atoms with Gasteiger partial charge in [-0.25, -0.2) is 4.68 Å². The minimum atomic E-state index is 0.449. The largest absolute Gasteiger partial charge is 0.399 e. The molecule has 1 heterocycles. The molecular weight excluding hydrogens is 326 g/mol. The predicted octanol–water partition coefficient (Wildman–Crippen LogP) is 3.28. The van der Waals surface area contributed by atoms with E-state index in [2.05, 4.69) is 31.5 Å². The number of hydrogen-bond donors (Lipinski definition) is 1. The van der Waals surface area contributed by atoms with Gasteiger partial charge in [-0.05, 0) is 69.2 Å². The lowest BCUT2D eigenvalue weighted by atomic mass is 10.3. The third-order valence-electron chi connectivity index (χ3n) is 3.29. The van der Waals surface area contributed by atoms with Crippen molar-refractivity contribution in [3.63, 3.8) is 0 Å². The van der Waals surface area contributed by atoms with E-state index >= 15 is 0 Å². The first-order chi connectivity index (χ1) is 9.24. The normalized spacial score (nSPS) is 16.1. The van der Waals surface area contributed by atoms with Crippen molar-refractivity contribution in [3.8, 4) is 0 Å². The molecule has 2 N–H and O–H groups in total. The summed E-state index contributed by atoms with van der Waals surface area (Å²) in [6.45, 7) is 0. The van der Waals surface area contributed by atoms with Crippen molar-refractivity contribution in [1.29, 1.82) is 0 Å². The molecule has 0 atom stereocenters. The van der Waals surface area contributed by atoms with Gasteiger partial charge in [-0.1, -0.05) is 12.8 Å². The number of nitrogens with zero attached hydrogens (tertiary/aromatic N) is 4. The summed E-state index contributed by atoms with van der Waals surface area (Å²) in [7, 11) is 0. The molecule has 0 saturated heterocycles. The van der Waals surface area contributed by atoms with Gasteiger partial charge < -0.3 is 5.73 Å². The highest BCUT2D eigenvalue weighted by Gasteiger charge is 2.22. The zero-order valence-corrected chi connectivity index (χ0v) is 12.7. The minimum Gasteiger partial charge on any atom is -0.399 e. The highest BCUT2D eigenvalue weighted by atomic mass is 79.9. The smallest absolute Gasteiger partial charge is 0.214 e. The van der Waals surface area contributed by atoms with Crippen LogP contribution >= 0.6 is 27.7 Å². The number of nitrogen functional groups attached to an aromatic ring is 1. The third-order valence-corrected chi connectivity index (χ3v) is 5.24. The van der Waals surface area contributed by atoms with Gasteiger partial charge in [-0.15, -0.1) is 5.10 Å². The summed E-state index contributed by atoms with van der Waals surface area (Å²) in [5, 5.41) is 12.9. The Hall–Kier alpha value is -1.08. The van der Waals surface area contributed by atoms with Gasteiger partial charge in [0.25, 0.3) is 0 Å². The van der Waals surface area contributed by atoms with Crippen LogP contribution in [0.3, 0.4) is 0 Å². The summed E-state index contributed by atoms with van der Waals surface area (Å²) in [6.07, 6.45) is 4.86. The van der Waals surface area contributed by atoms with Crippen LogP contribution in [0.5, 0.6) is 0 Å². The lowest BCUT2D eigenvalue weighted by molar-refractivity contribution is 0.423. The van der Waals surface area contributed by atoms with Gasteiger partial charge in [0, 0.05) is 15.1 Å². The second-order valence-corrected chi connectivity index (χ2v) is 6.50. The van der Waals surface area contributed by atoms with Crippen LogP contribution < -0.4 is 5.73 Å². The summed E-state index contributed by atoms with van der Waals surface area (Å²) >= 11 is 5.09. The fourth-order valence-electron chi connectivity index (χ4n) is 2.33. The lowest BCUT2D eigenvalue weighted by Gasteiger charge is -2.11. The van der Waals surface area contributed by atoms with Crippen molar-refractivity contribution in [2.45, 2.75) is 41.8 Å². The van der Waals surface area contributed by atoms with Crippen molar-refractivity contribution in [2.24, 2.45) is 0 Å². The van der Waals surface area contributed by atoms with Crippen LogP contribution in [0.4, 0.5) is 5.69 Å². The molecule has 1 aromatic carbocycles. The summed E-state index contributed by atoms with van der Waals surface area (Å²) < 4.78 is 2.93. The first kappa shape index (κ1) is 12.9. The van der Waals surface area contributed by atoms with Crippen LogP contribution in [0.25, 0.3) is 0 Å². The maximum absolute atomic E-state index is 5.75. The number of nitrogens with two attached hydrogens (primary N) is 1. The fourth-order valence-corrected chi connectivity index (χ4v) is 3.81. The van der Waals surface area contributed by atoms with Gasteiger partial charge in [0.1, 0.15) is 0 Å². The van der Waals surface area contributed by atoms with Gasteiger partial charge in [-0.3, -0.25) is 0 Å². The molecule has 0 spiro atoms. The topological polar surface area (TPSA) is 69.6 Å². The Morgan fingerprint density at radius 3 is 2.84 bits per heavy atom. The molecule has 1 saturated carbocycles. The second kappa shape index (κ2) is 5.50. The standard InChI is InChI=1S/C12H14BrN5S/c13-10-7-8(14)5-6-11(10)19-12-15-16-17-18(12)9-3-1-2-4-9/h5-7,9H,1-4,14H2. The highest BCUT2D eigenvalue weighted by molar-refractivity contribution is 9.10. The van der Waals surface area contributed by atoms with Crippen LogP contribution in [0, 0.1) is 0 Å². The average Bonchev–Trinajstić information content (AvgIpc) is 3.03. The van der Waals surface area contributed by atoms with E-state index < -0.39 is 0 Å². The van der Waals surface area contributed by atoms with E-state index in [0.717, 1.165) is 20.2 Å². The van der Waals surface area contributed by atoms with Gasteiger partial charge in [-0.2, -0.15) is 0 Å². The van der Waals surface area contributed by atoms with Crippen molar-refractivity contribution >= 4 is 33.4 Å². The molecule has 0 radical (unpaired) electrons. The third kappa shape index (κ3) is 2.76. The van der Waals surface area contributed by atoms with E-state index in [-0.39, 0.29) is 0 Å². The number of anilines is 1. The van der Waals surface area contributed by atoms with Gasteiger partial charge in [0.2, 0.25) is 5.16 Å². The molecule has 100 valence electrons. The number of hydrogen-bond acceptors (Lipinski definition) is 5. The molecular formula is C12H14BrN5S. The number of tetrazole rings is 1. The van der Waals surface area contributed by atoms with E-state index in [1.165, 1.54) is 25.7 Å². The first-order valence-corrected chi connectivity index (χ1v) is 7.86. The zero-order valence-electron chi connectivity index (χ0n) is 10.3. The second-order valence-electron chi connectivity index (χ2n) is 4.64. The van der Waals surface area contributed by atoms with Crippen LogP contribution in [-0.4, -0.2) is 20.2 Å². The molecule has 1 aliphatic carbocycles. The molecule has 5 nitrogen and oxygen atoms in total. The molecule has 0 aliphatic heterocycles. The number of benzene rings is 1. The average molecular weight is 340 g/mol. The minimum absolute atomic E-state index is 0.449. The van der Waals surface area contributed by atoms with Crippen LogP contribution in [-0.2, 0) is 0 Å². The van der Waals surface area contributed by atoms with E-state index in [0.29, 0.717) is 6.04 Å². The van der Waals surface area contributed by atoms with Crippen LogP contribution in [0.15, 0.2) is 32.7 Å². The summed E-state index contributed by atoms with van der Waals surface area (Å²) in [5.41, 5.74) is 6.49. The molecule has 1 aromatic heterocycles. The Morgan fingerprint density at radius 1 is 1.32 bits per heavy atom. The quantitative estimate of drug-likeness (QED) is 0.869. The Bertz CT molecular complexity index is 579. The molecule has 0 amide bonds. The Labute approximate surface area is 124 Å². The molecule has 2 aromatic rings. The maximum Gasteiger partial charge on any atom is 0.214 e. The molecule has 1 fully saturated rings. The van der Waals surface area contributed by atoms with Crippen molar-refractivity contribution in [3.05, 3.63) is 22.7 Å². The molecule has 19 heavy (non-hydrogen) atoms. The van der Waals surface area contributed by atoms with E-state index in [1.807, 2.05) is 22.9 Å². The molecule has 1 aliphatic rings. The van der Waals surface area contributed by atoms with Crippen molar-refractivity contribution in [2.75, 3.05) is 5.73 Å². The summed E-state index contributed by atoms with van der Waals surface area (Å²) in [5.74, 6) is 0. The number of aromatic nitrogens is 4. The predicted molar refractivity (Wildman–Crippen MR) is 78.0 cm³/mol. The van der Waals surface area contributed by atoms with Crippen molar-refractivity contribution in [1.82, 2.24) is 20.2 Å². The monoisotopic (exact) mass is 339 g/mol. The Kier molecular flexibility index (Phi) is 3.74. The van der Waals surface area contributed by atoms with Gasteiger partial charge >= 0.3 is 0 Å². The lowest BCUT2D eigenvalue weighted by Crippen LogP contribution is -2.08. The Balaban J connectivity index is 1.85. The summed E-state index contributed by atoms with van der Waals surface area (Å²) in [6, 6.07) is 6.21. The Morgan fingerprint density at radius 2 is 2.11 bits per heavy atom. The van der Waals surface area contributed by atoms with E-state index in [9.17, 15) is 0 Å². The molecule has 7 heteroatoms. The van der Waals surface area contributed by atoms with Gasteiger partial charge in [0.05, 0.1) is 6.04 Å². The van der Waals surface area contributed by atoms with Crippen LogP contribution in [0.1, 0.15) is 31.7 Å². The summed E-state index contributed by atoms with van der Waals surface area (Å²) in [4.78, 5) is 1.07. The van der Waals surface area contributed by atoms with Crippen molar-refractivity contribution < 1.29 is 0 Å². The highest BCUT2D eigenvalue weighted by Crippen LogP contribution is 2.36. The van der Waals surface area contributed by atoms with Gasteiger partial charge in [0.15, 0.2) is 0 Å². The molecule has 3 rings (SSSR count). The van der Waals surface area contributed by atoms with E-state index in [1.54, 1.807) is 11.8 Å². The van der Waals surface area contributed by atoms with E-state index in [4.69, 9.17) is 5.73 Å². The number of halogens is 1. The molecule has 0 bridgehead atoms. The fraction of sp³-hybridized carbons (Fsp3) is 0.417. The van der Waals surface area contributed by atoms with Crippen LogP contribution in [0.2, 0.25) is 0 Å².